The maximum atomic E-state index is 10.9. The molecule has 0 aliphatic carbocycles. The molecule has 0 amide bonds. The summed E-state index contributed by atoms with van der Waals surface area (Å²) in [5, 5.41) is 4.93. The van der Waals surface area contributed by atoms with Gasteiger partial charge in [-0.15, -0.1) is 12.6 Å². The predicted octanol–water partition coefficient (Wildman–Crippen LogP) is 0.931. The number of nitrogens with two attached hydrogens (primary N) is 1. The third-order valence-corrected chi connectivity index (χ3v) is 2.91. The Morgan fingerprint density at radius 2 is 2.00 bits per heavy atom. The van der Waals surface area contributed by atoms with Crippen LogP contribution in [0.2, 0.25) is 0 Å². The zero-order chi connectivity index (χ0) is 9.35. The molecule has 0 saturated heterocycles. The van der Waals surface area contributed by atoms with E-state index in [1.54, 1.807) is 12.1 Å². The van der Waals surface area contributed by atoms with E-state index in [1.165, 1.54) is 6.07 Å². The molecule has 0 aliphatic rings. The van der Waals surface area contributed by atoms with Gasteiger partial charge < -0.3 is 0 Å². The standard InChI is InChI=1S/C7H9NO2S2/c1-5-2-3-7(6(11)4-5)12(8,9)10/h2-4,11H,1H3,(H2,8,9,10). The number of sulfonamides is 1. The maximum absolute atomic E-state index is 10.9. The zero-order valence-corrected chi connectivity index (χ0v) is 8.19. The Balaban J connectivity index is 3.39. The average Bonchev–Trinajstić information content (AvgIpc) is 1.83. The van der Waals surface area contributed by atoms with Crippen LogP contribution < -0.4 is 5.14 Å². The summed E-state index contributed by atoms with van der Waals surface area (Å²) in [6.07, 6.45) is 0. The van der Waals surface area contributed by atoms with Crippen molar-refractivity contribution < 1.29 is 8.42 Å². The first-order valence-electron chi connectivity index (χ1n) is 3.23. The lowest BCUT2D eigenvalue weighted by Gasteiger charge is -2.02. The van der Waals surface area contributed by atoms with Crippen molar-refractivity contribution in [2.24, 2.45) is 5.14 Å². The van der Waals surface area contributed by atoms with Crippen molar-refractivity contribution in [2.75, 3.05) is 0 Å². The zero-order valence-electron chi connectivity index (χ0n) is 6.48. The molecule has 0 bridgehead atoms. The molecule has 0 fully saturated rings. The summed E-state index contributed by atoms with van der Waals surface area (Å²) in [5.74, 6) is 0. The van der Waals surface area contributed by atoms with E-state index in [-0.39, 0.29) is 4.90 Å². The van der Waals surface area contributed by atoms with Gasteiger partial charge in [-0.25, -0.2) is 13.6 Å². The van der Waals surface area contributed by atoms with E-state index in [2.05, 4.69) is 12.6 Å². The second-order valence-corrected chi connectivity index (χ2v) is 4.53. The van der Waals surface area contributed by atoms with Gasteiger partial charge in [0.15, 0.2) is 0 Å². The molecule has 1 aromatic rings. The minimum atomic E-state index is -3.63. The molecule has 0 radical (unpaired) electrons. The minimum Gasteiger partial charge on any atom is -0.225 e. The number of thiol groups is 1. The molecule has 0 heterocycles. The van der Waals surface area contributed by atoms with Crippen LogP contribution in [0.5, 0.6) is 0 Å². The van der Waals surface area contributed by atoms with E-state index in [4.69, 9.17) is 5.14 Å². The fourth-order valence-corrected chi connectivity index (χ4v) is 2.14. The van der Waals surface area contributed by atoms with Gasteiger partial charge in [-0.1, -0.05) is 6.07 Å². The van der Waals surface area contributed by atoms with Crippen LogP contribution in [0.1, 0.15) is 5.56 Å². The summed E-state index contributed by atoms with van der Waals surface area (Å²) in [4.78, 5) is 0.453. The summed E-state index contributed by atoms with van der Waals surface area (Å²) in [6, 6.07) is 4.79. The smallest absolute Gasteiger partial charge is 0.225 e. The Kier molecular flexibility index (Phi) is 2.46. The summed E-state index contributed by atoms with van der Waals surface area (Å²) < 4.78 is 21.8. The lowest BCUT2D eigenvalue weighted by Crippen LogP contribution is -2.12. The Bertz CT molecular complexity index is 398. The van der Waals surface area contributed by atoms with Gasteiger partial charge in [-0.2, -0.15) is 0 Å². The van der Waals surface area contributed by atoms with Gasteiger partial charge in [0.25, 0.3) is 0 Å². The van der Waals surface area contributed by atoms with E-state index >= 15 is 0 Å². The summed E-state index contributed by atoms with van der Waals surface area (Å²) in [7, 11) is -3.63. The SMILES string of the molecule is Cc1ccc(S(N)(=O)=O)c(S)c1. The van der Waals surface area contributed by atoms with Crippen LogP contribution in [0, 0.1) is 6.92 Å². The molecule has 1 aromatic carbocycles. The van der Waals surface area contributed by atoms with Crippen molar-refractivity contribution >= 4 is 22.7 Å². The fourth-order valence-electron chi connectivity index (χ4n) is 0.868. The third-order valence-electron chi connectivity index (χ3n) is 1.42. The monoisotopic (exact) mass is 203 g/mol. The first-order chi connectivity index (χ1) is 5.41. The van der Waals surface area contributed by atoms with E-state index in [9.17, 15) is 8.42 Å². The van der Waals surface area contributed by atoms with Crippen molar-refractivity contribution in [3.63, 3.8) is 0 Å². The summed E-state index contributed by atoms with van der Waals surface area (Å²) in [6.45, 7) is 1.85. The number of primary sulfonamides is 1. The number of benzene rings is 1. The van der Waals surface area contributed by atoms with Gasteiger partial charge in [0.2, 0.25) is 10.0 Å². The summed E-state index contributed by atoms with van der Waals surface area (Å²) in [5.41, 5.74) is 0.951. The highest BCUT2D eigenvalue weighted by Gasteiger charge is 2.10. The largest absolute Gasteiger partial charge is 0.239 e. The Hall–Kier alpha value is -0.520. The first kappa shape index (κ1) is 9.57. The molecule has 0 atom stereocenters. The second-order valence-electron chi connectivity index (χ2n) is 2.52. The molecular formula is C7H9NO2S2. The van der Waals surface area contributed by atoms with Crippen LogP contribution in [0.4, 0.5) is 0 Å². The number of rotatable bonds is 1. The number of hydrogen-bond donors (Lipinski definition) is 2. The van der Waals surface area contributed by atoms with Gasteiger partial charge >= 0.3 is 0 Å². The Morgan fingerprint density at radius 1 is 1.42 bits per heavy atom. The van der Waals surface area contributed by atoms with Crippen LogP contribution >= 0.6 is 12.6 Å². The topological polar surface area (TPSA) is 60.2 Å². The lowest BCUT2D eigenvalue weighted by molar-refractivity contribution is 0.596. The van der Waals surface area contributed by atoms with Crippen LogP contribution in [0.25, 0.3) is 0 Å². The highest BCUT2D eigenvalue weighted by atomic mass is 32.2. The van der Waals surface area contributed by atoms with Crippen LogP contribution in [-0.4, -0.2) is 8.42 Å². The van der Waals surface area contributed by atoms with Crippen LogP contribution in [-0.2, 0) is 10.0 Å². The molecule has 3 nitrogen and oxygen atoms in total. The van der Waals surface area contributed by atoms with Gasteiger partial charge in [-0.3, -0.25) is 0 Å². The normalized spacial score (nSPS) is 11.6. The van der Waals surface area contributed by atoms with Gasteiger partial charge in [-0.05, 0) is 24.6 Å². The van der Waals surface area contributed by atoms with E-state index in [0.717, 1.165) is 5.56 Å². The molecule has 0 saturated carbocycles. The van der Waals surface area contributed by atoms with Crippen molar-refractivity contribution in [3.05, 3.63) is 23.8 Å². The highest BCUT2D eigenvalue weighted by molar-refractivity contribution is 7.90. The number of hydrogen-bond acceptors (Lipinski definition) is 3. The lowest BCUT2D eigenvalue weighted by atomic mass is 10.2. The Morgan fingerprint density at radius 3 is 2.42 bits per heavy atom. The molecule has 2 N–H and O–H groups in total. The third kappa shape index (κ3) is 2.00. The maximum Gasteiger partial charge on any atom is 0.239 e. The highest BCUT2D eigenvalue weighted by Crippen LogP contribution is 2.18. The molecule has 0 spiro atoms. The second kappa shape index (κ2) is 3.08. The van der Waals surface area contributed by atoms with Crippen molar-refractivity contribution in [2.45, 2.75) is 16.7 Å². The molecule has 5 heteroatoms. The molecule has 0 unspecified atom stereocenters. The molecule has 12 heavy (non-hydrogen) atoms. The van der Waals surface area contributed by atoms with Crippen molar-refractivity contribution in [1.82, 2.24) is 0 Å². The molecule has 66 valence electrons. The van der Waals surface area contributed by atoms with Gasteiger partial charge in [0.05, 0.1) is 4.90 Å². The molecule has 0 aromatic heterocycles. The van der Waals surface area contributed by atoms with Crippen LogP contribution in [0.3, 0.4) is 0 Å². The van der Waals surface area contributed by atoms with E-state index in [1.807, 2.05) is 6.92 Å². The number of aryl methyl sites for hydroxylation is 1. The van der Waals surface area contributed by atoms with E-state index in [0.29, 0.717) is 4.90 Å². The summed E-state index contributed by atoms with van der Waals surface area (Å²) >= 11 is 4.00. The minimum absolute atomic E-state index is 0.0661. The Labute approximate surface area is 77.1 Å². The average molecular weight is 203 g/mol. The van der Waals surface area contributed by atoms with E-state index < -0.39 is 10.0 Å². The fraction of sp³-hybridized carbons (Fsp3) is 0.143. The van der Waals surface area contributed by atoms with Crippen LogP contribution in [0.15, 0.2) is 28.0 Å². The molecule has 1 rings (SSSR count). The van der Waals surface area contributed by atoms with Gasteiger partial charge in [0.1, 0.15) is 0 Å². The van der Waals surface area contributed by atoms with Crippen molar-refractivity contribution in [1.29, 1.82) is 0 Å². The molecule has 0 aliphatic heterocycles. The predicted molar refractivity (Wildman–Crippen MR) is 49.8 cm³/mol. The molecular weight excluding hydrogens is 194 g/mol. The van der Waals surface area contributed by atoms with Gasteiger partial charge in [0, 0.05) is 4.90 Å². The first-order valence-corrected chi connectivity index (χ1v) is 5.23. The van der Waals surface area contributed by atoms with Crippen molar-refractivity contribution in [3.8, 4) is 0 Å². The quantitative estimate of drug-likeness (QED) is 0.667.